The summed E-state index contributed by atoms with van der Waals surface area (Å²) >= 11 is 0. The van der Waals surface area contributed by atoms with Gasteiger partial charge in [0, 0.05) is 11.1 Å². The molecular formula is C13H15N3. The van der Waals surface area contributed by atoms with E-state index < -0.39 is 0 Å². The number of rotatable bonds is 1. The average molecular weight is 213 g/mol. The number of nitrogen functional groups attached to an aromatic ring is 1. The van der Waals surface area contributed by atoms with Gasteiger partial charge in [0.25, 0.3) is 0 Å². The van der Waals surface area contributed by atoms with Gasteiger partial charge in [0.1, 0.15) is 12.1 Å². The SMILES string of the molecule is Cc1cccc(-c2ncnc(N)c2C)c1C. The van der Waals surface area contributed by atoms with Gasteiger partial charge in [-0.3, -0.25) is 0 Å². The summed E-state index contributed by atoms with van der Waals surface area (Å²) in [5, 5.41) is 0. The molecular weight excluding hydrogens is 198 g/mol. The first kappa shape index (κ1) is 10.6. The molecule has 3 nitrogen and oxygen atoms in total. The molecule has 0 aliphatic rings. The molecule has 2 aromatic rings. The number of hydrogen-bond acceptors (Lipinski definition) is 3. The highest BCUT2D eigenvalue weighted by Crippen LogP contribution is 2.27. The molecule has 0 unspecified atom stereocenters. The van der Waals surface area contributed by atoms with E-state index in [2.05, 4.69) is 35.9 Å². The highest BCUT2D eigenvalue weighted by molar-refractivity contribution is 5.70. The Hall–Kier alpha value is -1.90. The van der Waals surface area contributed by atoms with Gasteiger partial charge in [0.15, 0.2) is 0 Å². The van der Waals surface area contributed by atoms with E-state index in [1.54, 1.807) is 0 Å². The fraction of sp³-hybridized carbons (Fsp3) is 0.231. The average Bonchev–Trinajstić information content (AvgIpc) is 2.27. The highest BCUT2D eigenvalue weighted by Gasteiger charge is 2.09. The van der Waals surface area contributed by atoms with Crippen molar-refractivity contribution in [3.8, 4) is 11.3 Å². The summed E-state index contributed by atoms with van der Waals surface area (Å²) in [6.45, 7) is 6.15. The Morgan fingerprint density at radius 3 is 2.50 bits per heavy atom. The second-order valence-corrected chi connectivity index (χ2v) is 3.98. The zero-order valence-corrected chi connectivity index (χ0v) is 9.78. The monoisotopic (exact) mass is 213 g/mol. The number of nitrogens with two attached hydrogens (primary N) is 1. The van der Waals surface area contributed by atoms with Crippen molar-refractivity contribution in [1.29, 1.82) is 0 Å². The molecule has 2 N–H and O–H groups in total. The minimum absolute atomic E-state index is 0.547. The zero-order valence-electron chi connectivity index (χ0n) is 9.78. The van der Waals surface area contributed by atoms with Crippen molar-refractivity contribution < 1.29 is 0 Å². The molecule has 0 radical (unpaired) electrons. The number of aryl methyl sites for hydroxylation is 1. The minimum Gasteiger partial charge on any atom is -0.383 e. The summed E-state index contributed by atoms with van der Waals surface area (Å²) in [7, 11) is 0. The lowest BCUT2D eigenvalue weighted by Gasteiger charge is -2.10. The standard InChI is InChI=1S/C13H15N3/c1-8-5-4-6-11(9(8)2)12-10(3)13(14)16-7-15-12/h4-7H,1-3H3,(H2,14,15,16). The molecule has 0 bridgehead atoms. The first-order valence-corrected chi connectivity index (χ1v) is 5.25. The van der Waals surface area contributed by atoms with E-state index in [-0.39, 0.29) is 0 Å². The molecule has 16 heavy (non-hydrogen) atoms. The highest BCUT2D eigenvalue weighted by atomic mass is 14.9. The third-order valence-electron chi connectivity index (χ3n) is 2.98. The number of nitrogens with zero attached hydrogens (tertiary/aromatic N) is 2. The van der Waals surface area contributed by atoms with Gasteiger partial charge in [0.2, 0.25) is 0 Å². The summed E-state index contributed by atoms with van der Waals surface area (Å²) in [6.07, 6.45) is 1.51. The van der Waals surface area contributed by atoms with Crippen LogP contribution in [-0.2, 0) is 0 Å². The summed E-state index contributed by atoms with van der Waals surface area (Å²) in [5.41, 5.74) is 11.3. The van der Waals surface area contributed by atoms with E-state index in [0.717, 1.165) is 16.8 Å². The molecule has 0 saturated carbocycles. The molecule has 0 atom stereocenters. The van der Waals surface area contributed by atoms with Crippen LogP contribution in [0, 0.1) is 20.8 Å². The summed E-state index contributed by atoms with van der Waals surface area (Å²) < 4.78 is 0. The van der Waals surface area contributed by atoms with Crippen molar-refractivity contribution in [2.24, 2.45) is 0 Å². The van der Waals surface area contributed by atoms with Crippen molar-refractivity contribution in [1.82, 2.24) is 9.97 Å². The normalized spacial score (nSPS) is 10.4. The van der Waals surface area contributed by atoms with E-state index >= 15 is 0 Å². The lowest BCUT2D eigenvalue weighted by Crippen LogP contribution is -1.99. The fourth-order valence-corrected chi connectivity index (χ4v) is 1.74. The van der Waals surface area contributed by atoms with Gasteiger partial charge in [-0.05, 0) is 31.9 Å². The molecule has 0 spiro atoms. The van der Waals surface area contributed by atoms with E-state index in [1.807, 2.05) is 13.0 Å². The summed E-state index contributed by atoms with van der Waals surface area (Å²) in [4.78, 5) is 8.30. The molecule has 2 rings (SSSR count). The van der Waals surface area contributed by atoms with E-state index in [0.29, 0.717) is 5.82 Å². The molecule has 3 heteroatoms. The third kappa shape index (κ3) is 1.65. The Morgan fingerprint density at radius 2 is 1.75 bits per heavy atom. The second-order valence-electron chi connectivity index (χ2n) is 3.98. The van der Waals surface area contributed by atoms with Crippen molar-refractivity contribution in [3.05, 3.63) is 41.2 Å². The van der Waals surface area contributed by atoms with E-state index in [4.69, 9.17) is 5.73 Å². The maximum Gasteiger partial charge on any atom is 0.130 e. The largest absolute Gasteiger partial charge is 0.383 e. The Kier molecular flexibility index (Phi) is 2.60. The molecule has 0 amide bonds. The van der Waals surface area contributed by atoms with Crippen molar-refractivity contribution in [2.45, 2.75) is 20.8 Å². The van der Waals surface area contributed by atoms with Crippen LogP contribution < -0.4 is 5.73 Å². The van der Waals surface area contributed by atoms with Crippen LogP contribution in [0.3, 0.4) is 0 Å². The predicted molar refractivity (Wildman–Crippen MR) is 66.1 cm³/mol. The fourth-order valence-electron chi connectivity index (χ4n) is 1.74. The Labute approximate surface area is 95.4 Å². The Bertz CT molecular complexity index is 483. The van der Waals surface area contributed by atoms with Gasteiger partial charge < -0.3 is 5.73 Å². The van der Waals surface area contributed by atoms with Crippen LogP contribution >= 0.6 is 0 Å². The predicted octanol–water partition coefficient (Wildman–Crippen LogP) is 2.65. The topological polar surface area (TPSA) is 51.8 Å². The molecule has 0 saturated heterocycles. The van der Waals surface area contributed by atoms with Gasteiger partial charge in [-0.2, -0.15) is 0 Å². The van der Waals surface area contributed by atoms with Crippen LogP contribution in [-0.4, -0.2) is 9.97 Å². The van der Waals surface area contributed by atoms with Crippen LogP contribution in [0.1, 0.15) is 16.7 Å². The van der Waals surface area contributed by atoms with E-state index in [9.17, 15) is 0 Å². The number of hydrogen-bond donors (Lipinski definition) is 1. The van der Waals surface area contributed by atoms with Crippen molar-refractivity contribution in [3.63, 3.8) is 0 Å². The molecule has 0 aliphatic carbocycles. The molecule has 0 aliphatic heterocycles. The van der Waals surface area contributed by atoms with Crippen molar-refractivity contribution in [2.75, 3.05) is 5.73 Å². The molecule has 1 aromatic carbocycles. The lowest BCUT2D eigenvalue weighted by molar-refractivity contribution is 1.14. The molecule has 1 aromatic heterocycles. The molecule has 1 heterocycles. The summed E-state index contributed by atoms with van der Waals surface area (Å²) in [6, 6.07) is 6.20. The Morgan fingerprint density at radius 1 is 1.00 bits per heavy atom. The van der Waals surface area contributed by atoms with Gasteiger partial charge in [0.05, 0.1) is 5.69 Å². The Balaban J connectivity index is 2.68. The number of aromatic nitrogens is 2. The lowest BCUT2D eigenvalue weighted by atomic mass is 9.98. The number of anilines is 1. The number of benzene rings is 1. The van der Waals surface area contributed by atoms with Crippen LogP contribution in [0.25, 0.3) is 11.3 Å². The van der Waals surface area contributed by atoms with Gasteiger partial charge in [-0.1, -0.05) is 18.2 Å². The maximum absolute atomic E-state index is 5.79. The van der Waals surface area contributed by atoms with Crippen LogP contribution in [0.4, 0.5) is 5.82 Å². The molecule has 82 valence electrons. The van der Waals surface area contributed by atoms with Crippen molar-refractivity contribution >= 4 is 5.82 Å². The summed E-state index contributed by atoms with van der Waals surface area (Å²) in [5.74, 6) is 0.547. The van der Waals surface area contributed by atoms with Gasteiger partial charge >= 0.3 is 0 Å². The third-order valence-corrected chi connectivity index (χ3v) is 2.98. The van der Waals surface area contributed by atoms with Crippen LogP contribution in [0.2, 0.25) is 0 Å². The quantitative estimate of drug-likeness (QED) is 0.792. The molecule has 0 fully saturated rings. The van der Waals surface area contributed by atoms with E-state index in [1.165, 1.54) is 17.5 Å². The van der Waals surface area contributed by atoms with Crippen LogP contribution in [0.5, 0.6) is 0 Å². The zero-order chi connectivity index (χ0) is 11.7. The first-order chi connectivity index (χ1) is 7.61. The second kappa shape index (κ2) is 3.93. The van der Waals surface area contributed by atoms with Crippen LogP contribution in [0.15, 0.2) is 24.5 Å². The maximum atomic E-state index is 5.79. The van der Waals surface area contributed by atoms with Gasteiger partial charge in [-0.25, -0.2) is 9.97 Å². The smallest absolute Gasteiger partial charge is 0.130 e. The first-order valence-electron chi connectivity index (χ1n) is 5.25. The van der Waals surface area contributed by atoms with Gasteiger partial charge in [-0.15, -0.1) is 0 Å². The minimum atomic E-state index is 0.547.